The number of anilines is 1. The highest BCUT2D eigenvalue weighted by molar-refractivity contribution is 7.95. The molecule has 5 nitrogen and oxygen atoms in total. The monoisotopic (exact) mass is 379 g/mol. The number of nitrogens with zero attached hydrogens (tertiary/aromatic N) is 2. The summed E-state index contributed by atoms with van der Waals surface area (Å²) in [4.78, 5) is 1.65. The summed E-state index contributed by atoms with van der Waals surface area (Å²) in [7, 11) is -2.06. The summed E-state index contributed by atoms with van der Waals surface area (Å²) in [5.41, 5.74) is 1.27. The first-order chi connectivity index (χ1) is 12.3. The number of fused-ring (bicyclic) bond motifs is 1. The predicted octanol–water partition coefficient (Wildman–Crippen LogP) is 2.87. The van der Waals surface area contributed by atoms with Crippen LogP contribution in [0.15, 0.2) is 53.0 Å². The number of rotatable bonds is 3. The molecule has 4 rings (SSSR count). The molecule has 0 aliphatic carbocycles. The summed E-state index contributed by atoms with van der Waals surface area (Å²) >= 11 is 0. The van der Waals surface area contributed by atoms with Gasteiger partial charge in [-0.1, -0.05) is 12.1 Å². The number of benzene rings is 1. The van der Waals surface area contributed by atoms with Crippen LogP contribution in [0.25, 0.3) is 5.70 Å². The van der Waals surface area contributed by atoms with Crippen molar-refractivity contribution < 1.29 is 17.2 Å². The van der Waals surface area contributed by atoms with Crippen LogP contribution in [0.4, 0.5) is 14.5 Å². The van der Waals surface area contributed by atoms with Crippen LogP contribution in [0.2, 0.25) is 0 Å². The van der Waals surface area contributed by atoms with Crippen molar-refractivity contribution in [2.75, 3.05) is 25.5 Å². The van der Waals surface area contributed by atoms with Gasteiger partial charge in [-0.25, -0.2) is 17.2 Å². The lowest BCUT2D eigenvalue weighted by molar-refractivity contribution is -0.0673. The van der Waals surface area contributed by atoms with Gasteiger partial charge >= 0.3 is 0 Å². The number of nitrogens with one attached hydrogen (secondary N) is 1. The van der Waals surface area contributed by atoms with E-state index < -0.39 is 21.8 Å². The van der Waals surface area contributed by atoms with Crippen LogP contribution in [0, 0.1) is 0 Å². The van der Waals surface area contributed by atoms with Gasteiger partial charge in [0.05, 0.1) is 29.4 Å². The van der Waals surface area contributed by atoms with Crippen molar-refractivity contribution in [3.05, 3.63) is 53.7 Å². The van der Waals surface area contributed by atoms with Gasteiger partial charge < -0.3 is 14.8 Å². The molecule has 1 N–H and O–H groups in total. The third-order valence-electron chi connectivity index (χ3n) is 4.84. The minimum atomic E-state index is -3.71. The van der Waals surface area contributed by atoms with Crippen molar-refractivity contribution >= 4 is 21.2 Å². The molecule has 0 amide bonds. The summed E-state index contributed by atoms with van der Waals surface area (Å²) in [5, 5.41) is 4.01. The molecule has 0 radical (unpaired) electrons. The van der Waals surface area contributed by atoms with Crippen LogP contribution < -0.4 is 5.32 Å². The standard InChI is InChI=1S/C18H19F2N3O2S/c1-22-10-7-16(18(19,20)12-22)21-14-6-4-5-13-15(23-8-2-3-9-23)11-26(24,25)17(13)14/h2-6,8-9,11,16,21H,7,10,12H2,1H3. The van der Waals surface area contributed by atoms with Crippen LogP contribution in [0.3, 0.4) is 0 Å². The van der Waals surface area contributed by atoms with Gasteiger partial charge in [-0.05, 0) is 31.7 Å². The van der Waals surface area contributed by atoms with Crippen molar-refractivity contribution in [3.63, 3.8) is 0 Å². The molecule has 2 aliphatic heterocycles. The number of hydrogen-bond donors (Lipinski definition) is 1. The molecule has 138 valence electrons. The third kappa shape index (κ3) is 2.83. The van der Waals surface area contributed by atoms with E-state index in [4.69, 9.17) is 0 Å². The van der Waals surface area contributed by atoms with E-state index in [-0.39, 0.29) is 23.5 Å². The highest BCUT2D eigenvalue weighted by atomic mass is 32.2. The average molecular weight is 379 g/mol. The summed E-state index contributed by atoms with van der Waals surface area (Å²) in [6, 6.07) is 7.43. The molecule has 1 fully saturated rings. The van der Waals surface area contributed by atoms with Crippen molar-refractivity contribution in [1.82, 2.24) is 9.47 Å². The van der Waals surface area contributed by atoms with E-state index in [0.717, 1.165) is 0 Å². The van der Waals surface area contributed by atoms with Gasteiger partial charge in [-0.2, -0.15) is 0 Å². The normalized spacial score (nSPS) is 24.1. The van der Waals surface area contributed by atoms with E-state index in [0.29, 0.717) is 17.8 Å². The Kier molecular flexibility index (Phi) is 3.92. The molecular weight excluding hydrogens is 360 g/mol. The molecule has 0 bridgehead atoms. The lowest BCUT2D eigenvalue weighted by Crippen LogP contribution is -2.53. The number of hydrogen-bond acceptors (Lipinski definition) is 4. The van der Waals surface area contributed by atoms with Gasteiger partial charge in [-0.15, -0.1) is 0 Å². The zero-order chi connectivity index (χ0) is 18.5. The van der Waals surface area contributed by atoms with Crippen molar-refractivity contribution in [2.24, 2.45) is 0 Å². The second kappa shape index (κ2) is 5.92. The molecule has 0 saturated carbocycles. The highest BCUT2D eigenvalue weighted by Crippen LogP contribution is 2.40. The molecular formula is C18H19F2N3O2S. The maximum Gasteiger partial charge on any atom is 0.280 e. The fourth-order valence-corrected chi connectivity index (χ4v) is 5.17. The predicted molar refractivity (Wildman–Crippen MR) is 95.9 cm³/mol. The first-order valence-corrected chi connectivity index (χ1v) is 9.89. The molecule has 1 aromatic heterocycles. The zero-order valence-electron chi connectivity index (χ0n) is 14.2. The van der Waals surface area contributed by atoms with Crippen LogP contribution in [-0.4, -0.2) is 50.0 Å². The maximum absolute atomic E-state index is 14.4. The molecule has 26 heavy (non-hydrogen) atoms. The average Bonchev–Trinajstić information content (AvgIpc) is 3.16. The van der Waals surface area contributed by atoms with Crippen LogP contribution in [-0.2, 0) is 9.84 Å². The Labute approximate surface area is 150 Å². The van der Waals surface area contributed by atoms with Gasteiger partial charge in [0.15, 0.2) is 0 Å². The number of aromatic nitrogens is 1. The van der Waals surface area contributed by atoms with E-state index in [1.807, 2.05) is 0 Å². The molecule has 0 spiro atoms. The number of sulfone groups is 1. The molecule has 1 aromatic carbocycles. The van der Waals surface area contributed by atoms with E-state index in [1.165, 1.54) is 5.41 Å². The SMILES string of the molecule is CN1CCC(Nc2cccc3c2S(=O)(=O)C=C3n2cccc2)C(F)(F)C1. The second-order valence-corrected chi connectivity index (χ2v) is 8.54. The molecule has 1 unspecified atom stereocenters. The van der Waals surface area contributed by atoms with E-state index in [9.17, 15) is 17.2 Å². The minimum Gasteiger partial charge on any atom is -0.375 e. The Morgan fingerprint density at radius 1 is 1.19 bits per heavy atom. The molecule has 1 saturated heterocycles. The number of halogens is 2. The Balaban J connectivity index is 1.74. The molecule has 1 atom stereocenters. The molecule has 2 aromatic rings. The first-order valence-electron chi connectivity index (χ1n) is 8.34. The van der Waals surface area contributed by atoms with Gasteiger partial charge in [-0.3, -0.25) is 0 Å². The van der Waals surface area contributed by atoms with E-state index >= 15 is 0 Å². The number of likely N-dealkylation sites (tertiary alicyclic amines) is 1. The third-order valence-corrected chi connectivity index (χ3v) is 6.39. The Hall–Kier alpha value is -2.19. The van der Waals surface area contributed by atoms with Crippen molar-refractivity contribution in [2.45, 2.75) is 23.3 Å². The van der Waals surface area contributed by atoms with E-state index in [1.54, 1.807) is 59.2 Å². The first kappa shape index (κ1) is 17.2. The molecule has 2 aliphatic rings. The van der Waals surface area contributed by atoms with Crippen molar-refractivity contribution in [1.29, 1.82) is 0 Å². The Morgan fingerprint density at radius 2 is 1.92 bits per heavy atom. The smallest absolute Gasteiger partial charge is 0.280 e. The summed E-state index contributed by atoms with van der Waals surface area (Å²) < 4.78 is 55.9. The van der Waals surface area contributed by atoms with Gasteiger partial charge in [0.25, 0.3) is 5.92 Å². The van der Waals surface area contributed by atoms with Crippen LogP contribution in [0.1, 0.15) is 12.0 Å². The van der Waals surface area contributed by atoms with Crippen LogP contribution >= 0.6 is 0 Å². The minimum absolute atomic E-state index is 0.0680. The van der Waals surface area contributed by atoms with Crippen LogP contribution in [0.5, 0.6) is 0 Å². The maximum atomic E-state index is 14.4. The largest absolute Gasteiger partial charge is 0.375 e. The molecule has 3 heterocycles. The molecule has 8 heteroatoms. The quantitative estimate of drug-likeness (QED) is 0.891. The van der Waals surface area contributed by atoms with E-state index in [2.05, 4.69) is 5.32 Å². The Bertz CT molecular complexity index is 968. The van der Waals surface area contributed by atoms with Gasteiger partial charge in [0.1, 0.15) is 4.90 Å². The Morgan fingerprint density at radius 3 is 2.62 bits per heavy atom. The second-order valence-electron chi connectivity index (χ2n) is 6.81. The lowest BCUT2D eigenvalue weighted by atomic mass is 10.0. The summed E-state index contributed by atoms with van der Waals surface area (Å²) in [5.74, 6) is -2.94. The van der Waals surface area contributed by atoms with Gasteiger partial charge in [0.2, 0.25) is 9.84 Å². The van der Waals surface area contributed by atoms with Crippen molar-refractivity contribution in [3.8, 4) is 0 Å². The highest BCUT2D eigenvalue weighted by Gasteiger charge is 2.44. The number of piperidine rings is 1. The van der Waals surface area contributed by atoms with Gasteiger partial charge in [0, 0.05) is 24.5 Å². The topological polar surface area (TPSA) is 54.3 Å². The fraction of sp³-hybridized carbons (Fsp3) is 0.333. The fourth-order valence-electron chi connectivity index (χ4n) is 3.60. The zero-order valence-corrected chi connectivity index (χ0v) is 15.0. The summed E-state index contributed by atoms with van der Waals surface area (Å²) in [6.45, 7) is 0.182. The number of alkyl halides is 2. The lowest BCUT2D eigenvalue weighted by Gasteiger charge is -2.37. The summed E-state index contributed by atoms with van der Waals surface area (Å²) in [6.07, 6.45) is 3.74.